The van der Waals surface area contributed by atoms with Gasteiger partial charge in [-0.25, -0.2) is 0 Å². The van der Waals surface area contributed by atoms with E-state index in [1.807, 2.05) is 52.3 Å². The lowest BCUT2D eigenvalue weighted by molar-refractivity contribution is -0.134. The summed E-state index contributed by atoms with van der Waals surface area (Å²) in [5.74, 6) is 1.08. The first-order valence-corrected chi connectivity index (χ1v) is 12.3. The number of methoxy groups -OCH3 is 1. The molecular weight excluding hydrogens is 442 g/mol. The average molecular weight is 476 g/mol. The number of carbonyl (C=O) groups excluding carboxylic acids is 2. The van der Waals surface area contributed by atoms with E-state index < -0.39 is 0 Å². The smallest absolute Gasteiger partial charge is 0.270 e. The van der Waals surface area contributed by atoms with E-state index in [-0.39, 0.29) is 11.8 Å². The van der Waals surface area contributed by atoms with Gasteiger partial charge in [-0.05, 0) is 29.8 Å². The van der Waals surface area contributed by atoms with Crippen LogP contribution in [0.2, 0.25) is 0 Å². The van der Waals surface area contributed by atoms with Crippen molar-refractivity contribution in [1.82, 2.24) is 24.6 Å². The number of carbonyl (C=O) groups is 2. The number of H-pyrrole nitrogens is 1. The molecule has 0 saturated carbocycles. The number of nitrogens with zero attached hydrogens (tertiary/aromatic N) is 4. The van der Waals surface area contributed by atoms with Crippen molar-refractivity contribution in [2.24, 2.45) is 0 Å². The summed E-state index contributed by atoms with van der Waals surface area (Å²) in [7, 11) is 1.68. The van der Waals surface area contributed by atoms with Crippen molar-refractivity contribution in [2.75, 3.05) is 66.0 Å². The van der Waals surface area contributed by atoms with Crippen LogP contribution < -0.4 is 4.74 Å². The first-order chi connectivity index (χ1) is 17.1. The lowest BCUT2D eigenvalue weighted by Crippen LogP contribution is -2.54. The monoisotopic (exact) mass is 475 g/mol. The number of rotatable bonds is 6. The Bertz CT molecular complexity index is 1130. The van der Waals surface area contributed by atoms with Crippen molar-refractivity contribution in [3.05, 3.63) is 65.9 Å². The number of nitrogens with one attached hydrogen (secondary N) is 1. The van der Waals surface area contributed by atoms with E-state index >= 15 is 0 Å². The van der Waals surface area contributed by atoms with Crippen LogP contribution in [0, 0.1) is 0 Å². The summed E-state index contributed by atoms with van der Waals surface area (Å²) < 4.78 is 5.23. The summed E-state index contributed by atoms with van der Waals surface area (Å²) in [6.45, 7) is 7.29. The molecule has 1 aromatic heterocycles. The van der Waals surface area contributed by atoms with Gasteiger partial charge in [-0.3, -0.25) is 19.4 Å². The van der Waals surface area contributed by atoms with Gasteiger partial charge < -0.3 is 19.5 Å². The van der Waals surface area contributed by atoms with E-state index in [1.54, 1.807) is 7.11 Å². The van der Waals surface area contributed by atoms with Gasteiger partial charge in [0.25, 0.3) is 5.91 Å². The van der Waals surface area contributed by atoms with Gasteiger partial charge in [0.2, 0.25) is 5.91 Å². The van der Waals surface area contributed by atoms with Crippen LogP contribution in [0.3, 0.4) is 0 Å². The molecule has 35 heavy (non-hydrogen) atoms. The average Bonchev–Trinajstić information content (AvgIpc) is 3.34. The van der Waals surface area contributed by atoms with Crippen LogP contribution >= 0.6 is 0 Å². The molecule has 0 bridgehead atoms. The molecule has 0 unspecified atom stereocenters. The molecule has 8 nitrogen and oxygen atoms in total. The van der Waals surface area contributed by atoms with Crippen molar-refractivity contribution in [2.45, 2.75) is 6.54 Å². The van der Waals surface area contributed by atoms with Gasteiger partial charge in [0.15, 0.2) is 0 Å². The zero-order valence-corrected chi connectivity index (χ0v) is 20.3. The fourth-order valence-corrected chi connectivity index (χ4v) is 4.90. The van der Waals surface area contributed by atoms with Crippen molar-refractivity contribution < 1.29 is 14.3 Å². The summed E-state index contributed by atoms with van der Waals surface area (Å²) in [4.78, 5) is 37.5. The summed E-state index contributed by atoms with van der Waals surface area (Å²) in [5.41, 5.74) is 2.86. The topological polar surface area (TPSA) is 72.1 Å². The Balaban J connectivity index is 1.05. The third-order valence-electron chi connectivity index (χ3n) is 7.07. The predicted octanol–water partition coefficient (Wildman–Crippen LogP) is 2.28. The second kappa shape index (κ2) is 10.5. The summed E-state index contributed by atoms with van der Waals surface area (Å²) >= 11 is 0. The Labute approximate surface area is 206 Å². The highest BCUT2D eigenvalue weighted by molar-refractivity contribution is 5.98. The zero-order chi connectivity index (χ0) is 24.2. The molecule has 2 saturated heterocycles. The number of benzene rings is 2. The van der Waals surface area contributed by atoms with Gasteiger partial charge in [-0.15, -0.1) is 0 Å². The molecule has 2 aliphatic rings. The number of hydrogen-bond acceptors (Lipinski definition) is 5. The lowest BCUT2D eigenvalue weighted by Gasteiger charge is -2.38. The van der Waals surface area contributed by atoms with Crippen LogP contribution in [0.25, 0.3) is 10.9 Å². The molecule has 2 fully saturated rings. The van der Waals surface area contributed by atoms with Crippen LogP contribution in [0.15, 0.2) is 54.6 Å². The first-order valence-electron chi connectivity index (χ1n) is 12.3. The quantitative estimate of drug-likeness (QED) is 0.592. The van der Waals surface area contributed by atoms with E-state index in [0.717, 1.165) is 62.5 Å². The summed E-state index contributed by atoms with van der Waals surface area (Å²) in [6, 6.07) is 18.0. The fourth-order valence-electron chi connectivity index (χ4n) is 4.90. The minimum atomic E-state index is 0.0279. The van der Waals surface area contributed by atoms with E-state index in [2.05, 4.69) is 26.9 Å². The van der Waals surface area contributed by atoms with E-state index in [1.165, 1.54) is 5.56 Å². The van der Waals surface area contributed by atoms with Crippen molar-refractivity contribution in [3.8, 4) is 5.75 Å². The van der Waals surface area contributed by atoms with Crippen molar-refractivity contribution in [1.29, 1.82) is 0 Å². The second-order valence-electron chi connectivity index (χ2n) is 9.34. The van der Waals surface area contributed by atoms with Gasteiger partial charge in [-0.1, -0.05) is 30.3 Å². The Kier molecular flexibility index (Phi) is 7.01. The number of para-hydroxylation sites is 1. The number of piperazine rings is 2. The highest BCUT2D eigenvalue weighted by Crippen LogP contribution is 2.17. The number of ether oxygens (including phenoxy) is 1. The maximum absolute atomic E-state index is 12.9. The SMILES string of the molecule is COc1ccc(CN2CCN(C(=O)CN3CCN(C(=O)c4cc5ccccc5[nH]4)CC3)CC2)cc1. The molecule has 2 aromatic carbocycles. The number of aromatic amines is 1. The second-order valence-corrected chi connectivity index (χ2v) is 9.34. The first kappa shape index (κ1) is 23.4. The Morgan fingerprint density at radius 3 is 2.17 bits per heavy atom. The van der Waals surface area contributed by atoms with Crippen LogP contribution in [0.4, 0.5) is 0 Å². The highest BCUT2D eigenvalue weighted by atomic mass is 16.5. The summed E-state index contributed by atoms with van der Waals surface area (Å²) in [5, 5.41) is 1.05. The molecule has 2 amide bonds. The van der Waals surface area contributed by atoms with Crippen LogP contribution in [-0.2, 0) is 11.3 Å². The van der Waals surface area contributed by atoms with Gasteiger partial charge in [-0.2, -0.15) is 0 Å². The largest absolute Gasteiger partial charge is 0.497 e. The third kappa shape index (κ3) is 5.49. The van der Waals surface area contributed by atoms with Crippen LogP contribution in [0.5, 0.6) is 5.75 Å². The molecule has 5 rings (SSSR count). The Hall–Kier alpha value is -3.36. The third-order valence-corrected chi connectivity index (χ3v) is 7.07. The molecule has 184 valence electrons. The fraction of sp³-hybridized carbons (Fsp3) is 0.407. The molecule has 0 aliphatic carbocycles. The maximum atomic E-state index is 12.9. The predicted molar refractivity (Wildman–Crippen MR) is 135 cm³/mol. The van der Waals surface area contributed by atoms with Gasteiger partial charge in [0, 0.05) is 69.8 Å². The molecule has 8 heteroatoms. The highest BCUT2D eigenvalue weighted by Gasteiger charge is 2.27. The Morgan fingerprint density at radius 1 is 0.829 bits per heavy atom. The normalized spacial score (nSPS) is 17.6. The van der Waals surface area contributed by atoms with Crippen molar-refractivity contribution >= 4 is 22.7 Å². The van der Waals surface area contributed by atoms with E-state index in [9.17, 15) is 9.59 Å². The van der Waals surface area contributed by atoms with Crippen LogP contribution in [-0.4, -0.2) is 102 Å². The van der Waals surface area contributed by atoms with Crippen molar-refractivity contribution in [3.63, 3.8) is 0 Å². The molecule has 0 atom stereocenters. The van der Waals surface area contributed by atoms with Crippen LogP contribution in [0.1, 0.15) is 16.1 Å². The molecule has 2 aliphatic heterocycles. The standard InChI is InChI=1S/C27H33N5O3/c1-35-23-8-6-21(7-9-23)19-29-10-14-31(15-11-29)26(33)20-30-12-16-32(17-13-30)27(34)25-18-22-4-2-3-5-24(22)28-25/h2-9,18,28H,10-17,19-20H2,1H3. The summed E-state index contributed by atoms with van der Waals surface area (Å²) in [6.07, 6.45) is 0. The van der Waals surface area contributed by atoms with E-state index in [4.69, 9.17) is 4.74 Å². The molecule has 0 spiro atoms. The van der Waals surface area contributed by atoms with Gasteiger partial charge >= 0.3 is 0 Å². The molecule has 3 aromatic rings. The van der Waals surface area contributed by atoms with Gasteiger partial charge in [0.1, 0.15) is 11.4 Å². The Morgan fingerprint density at radius 2 is 1.49 bits per heavy atom. The zero-order valence-electron chi connectivity index (χ0n) is 20.3. The molecule has 1 N–H and O–H groups in total. The molecular formula is C27H33N5O3. The minimum absolute atomic E-state index is 0.0279. The number of aromatic nitrogens is 1. The molecule has 0 radical (unpaired) electrons. The number of fused-ring (bicyclic) bond motifs is 1. The lowest BCUT2D eigenvalue weighted by atomic mass is 10.2. The number of amides is 2. The number of hydrogen-bond donors (Lipinski definition) is 1. The minimum Gasteiger partial charge on any atom is -0.497 e. The van der Waals surface area contributed by atoms with E-state index in [0.29, 0.717) is 25.3 Å². The van der Waals surface area contributed by atoms with Gasteiger partial charge in [0.05, 0.1) is 13.7 Å². The maximum Gasteiger partial charge on any atom is 0.270 e. The molecule has 3 heterocycles.